The largest absolute Gasteiger partial charge is 0.478 e. The average Bonchev–Trinajstić information content (AvgIpc) is 2.72. The highest BCUT2D eigenvalue weighted by atomic mass is 79.9. The Bertz CT molecular complexity index is 726. The van der Waals surface area contributed by atoms with Crippen LogP contribution in [0.4, 0.5) is 14.5 Å². The van der Waals surface area contributed by atoms with Crippen LogP contribution in [-0.4, -0.2) is 17.0 Å². The van der Waals surface area contributed by atoms with Crippen molar-refractivity contribution in [3.05, 3.63) is 49.6 Å². The number of nitrogens with one attached hydrogen (secondary N) is 1. The van der Waals surface area contributed by atoms with Crippen molar-refractivity contribution in [1.29, 1.82) is 0 Å². The third-order valence-electron chi connectivity index (χ3n) is 2.62. The summed E-state index contributed by atoms with van der Waals surface area (Å²) in [6, 6.07) is 2.78. The molecule has 1 aromatic heterocycles. The van der Waals surface area contributed by atoms with E-state index in [9.17, 15) is 18.4 Å². The van der Waals surface area contributed by atoms with Gasteiger partial charge < -0.3 is 10.4 Å². The van der Waals surface area contributed by atoms with E-state index in [1.165, 1.54) is 0 Å². The summed E-state index contributed by atoms with van der Waals surface area (Å²) >= 11 is 4.41. The van der Waals surface area contributed by atoms with Crippen LogP contribution in [0.5, 0.6) is 0 Å². The van der Waals surface area contributed by atoms with Gasteiger partial charge in [-0.3, -0.25) is 4.79 Å². The van der Waals surface area contributed by atoms with Crippen LogP contribution in [0.2, 0.25) is 0 Å². The highest BCUT2D eigenvalue weighted by Crippen LogP contribution is 2.28. The molecule has 110 valence electrons. The monoisotopic (exact) mass is 375 g/mol. The topological polar surface area (TPSA) is 66.4 Å². The number of anilines is 1. The average molecular weight is 376 g/mol. The lowest BCUT2D eigenvalue weighted by atomic mass is 10.1. The molecule has 1 aromatic carbocycles. The van der Waals surface area contributed by atoms with Gasteiger partial charge in [0.1, 0.15) is 11.6 Å². The number of aryl methyl sites for hydroxylation is 1. The number of aromatic carboxylic acids is 1. The number of benzene rings is 1. The molecule has 0 saturated heterocycles. The fourth-order valence-corrected chi connectivity index (χ4v) is 2.99. The first-order chi connectivity index (χ1) is 9.79. The first kappa shape index (κ1) is 15.6. The summed E-state index contributed by atoms with van der Waals surface area (Å²) in [5.41, 5.74) is -0.257. The van der Waals surface area contributed by atoms with Gasteiger partial charge in [0.2, 0.25) is 0 Å². The number of rotatable bonds is 3. The SMILES string of the molecule is Cc1cc(C(=O)Nc2cc(C(=O)O)c(F)cc2F)sc1Br. The number of carbonyl (C=O) groups excluding carboxylic acids is 1. The molecule has 0 fully saturated rings. The van der Waals surface area contributed by atoms with Gasteiger partial charge in [-0.25, -0.2) is 13.6 Å². The predicted molar refractivity (Wildman–Crippen MR) is 78.0 cm³/mol. The van der Waals surface area contributed by atoms with E-state index in [-0.39, 0.29) is 5.69 Å². The van der Waals surface area contributed by atoms with Gasteiger partial charge in [-0.2, -0.15) is 0 Å². The summed E-state index contributed by atoms with van der Waals surface area (Å²) < 4.78 is 27.6. The summed E-state index contributed by atoms with van der Waals surface area (Å²) in [5, 5.41) is 11.0. The lowest BCUT2D eigenvalue weighted by molar-refractivity contribution is 0.0691. The molecule has 0 aliphatic rings. The van der Waals surface area contributed by atoms with Crippen molar-refractivity contribution >= 4 is 44.8 Å². The van der Waals surface area contributed by atoms with Crippen molar-refractivity contribution < 1.29 is 23.5 Å². The van der Waals surface area contributed by atoms with Crippen molar-refractivity contribution in [3.63, 3.8) is 0 Å². The van der Waals surface area contributed by atoms with E-state index in [0.29, 0.717) is 10.9 Å². The summed E-state index contributed by atoms with van der Waals surface area (Å²) in [4.78, 5) is 23.1. The maximum Gasteiger partial charge on any atom is 0.338 e. The second kappa shape index (κ2) is 5.90. The molecule has 0 saturated carbocycles. The highest BCUT2D eigenvalue weighted by Gasteiger charge is 2.18. The molecule has 0 aliphatic carbocycles. The Kier molecular flexibility index (Phi) is 4.38. The van der Waals surface area contributed by atoms with Gasteiger partial charge in [0.05, 0.1) is 19.9 Å². The number of hydrogen-bond acceptors (Lipinski definition) is 3. The smallest absolute Gasteiger partial charge is 0.338 e. The van der Waals surface area contributed by atoms with Gasteiger partial charge in [0.25, 0.3) is 5.91 Å². The van der Waals surface area contributed by atoms with E-state index in [1.807, 2.05) is 0 Å². The van der Waals surface area contributed by atoms with Crippen molar-refractivity contribution in [3.8, 4) is 0 Å². The van der Waals surface area contributed by atoms with Gasteiger partial charge in [-0.05, 0) is 40.5 Å². The van der Waals surface area contributed by atoms with E-state index in [0.717, 1.165) is 26.8 Å². The van der Waals surface area contributed by atoms with Crippen molar-refractivity contribution in [2.45, 2.75) is 6.92 Å². The summed E-state index contributed by atoms with van der Waals surface area (Å²) in [6.45, 7) is 1.79. The first-order valence-corrected chi connectivity index (χ1v) is 7.20. The quantitative estimate of drug-likeness (QED) is 0.850. The van der Waals surface area contributed by atoms with Crippen LogP contribution in [0.1, 0.15) is 25.6 Å². The normalized spacial score (nSPS) is 10.5. The molecule has 0 bridgehead atoms. The molecule has 0 radical (unpaired) electrons. The molecule has 2 aromatic rings. The van der Waals surface area contributed by atoms with Crippen LogP contribution >= 0.6 is 27.3 Å². The molecule has 0 aliphatic heterocycles. The van der Waals surface area contributed by atoms with Crippen LogP contribution in [0.3, 0.4) is 0 Å². The van der Waals surface area contributed by atoms with E-state index < -0.39 is 29.1 Å². The minimum atomic E-state index is -1.54. The lowest BCUT2D eigenvalue weighted by Crippen LogP contribution is -2.13. The maximum atomic E-state index is 13.6. The Labute approximate surface area is 130 Å². The van der Waals surface area contributed by atoms with E-state index >= 15 is 0 Å². The number of hydrogen-bond donors (Lipinski definition) is 2. The van der Waals surface area contributed by atoms with E-state index in [2.05, 4.69) is 21.2 Å². The van der Waals surface area contributed by atoms with Gasteiger partial charge in [0.15, 0.2) is 0 Å². The Morgan fingerprint density at radius 3 is 2.43 bits per heavy atom. The molecule has 21 heavy (non-hydrogen) atoms. The minimum absolute atomic E-state index is 0.319. The number of thiophene rings is 1. The van der Waals surface area contributed by atoms with Gasteiger partial charge in [0, 0.05) is 6.07 Å². The Hall–Kier alpha value is -1.80. The summed E-state index contributed by atoms with van der Waals surface area (Å²) in [5.74, 6) is -4.39. The van der Waals surface area contributed by atoms with Gasteiger partial charge in [-0.1, -0.05) is 0 Å². The van der Waals surface area contributed by atoms with Gasteiger partial charge >= 0.3 is 5.97 Å². The van der Waals surface area contributed by atoms with Crippen LogP contribution in [0, 0.1) is 18.6 Å². The third-order valence-corrected chi connectivity index (χ3v) is 4.75. The molecule has 1 amide bonds. The van der Waals surface area contributed by atoms with E-state index in [4.69, 9.17) is 5.11 Å². The third kappa shape index (κ3) is 3.27. The Balaban J connectivity index is 2.33. The molecule has 2 N–H and O–H groups in total. The van der Waals surface area contributed by atoms with Gasteiger partial charge in [-0.15, -0.1) is 11.3 Å². The standard InChI is InChI=1S/C13H8BrF2NO3S/c1-5-2-10(21-11(5)14)12(18)17-9-3-6(13(19)20)7(15)4-8(9)16/h2-4H,1H3,(H,17,18)(H,19,20). The second-order valence-electron chi connectivity index (χ2n) is 4.14. The number of carboxylic acids is 1. The molecule has 1 heterocycles. The summed E-state index contributed by atoms with van der Waals surface area (Å²) in [7, 11) is 0. The van der Waals surface area contributed by atoms with E-state index in [1.54, 1.807) is 13.0 Å². The molecule has 8 heteroatoms. The summed E-state index contributed by atoms with van der Waals surface area (Å²) in [6.07, 6.45) is 0. The maximum absolute atomic E-state index is 13.6. The van der Waals surface area contributed by atoms with Crippen LogP contribution in [0.25, 0.3) is 0 Å². The number of carbonyl (C=O) groups is 2. The molecule has 4 nitrogen and oxygen atoms in total. The van der Waals surface area contributed by atoms with Crippen molar-refractivity contribution in [2.75, 3.05) is 5.32 Å². The number of amides is 1. The zero-order chi connectivity index (χ0) is 15.7. The van der Waals surface area contributed by atoms with Crippen molar-refractivity contribution in [2.24, 2.45) is 0 Å². The molecule has 0 unspecified atom stereocenters. The number of halogens is 3. The zero-order valence-electron chi connectivity index (χ0n) is 10.5. The number of carboxylic acid groups (broad SMARTS) is 1. The van der Waals surface area contributed by atoms with Crippen LogP contribution < -0.4 is 5.32 Å². The fourth-order valence-electron chi connectivity index (χ4n) is 1.56. The molecule has 2 rings (SSSR count). The second-order valence-corrected chi connectivity index (χ2v) is 6.51. The zero-order valence-corrected chi connectivity index (χ0v) is 12.9. The lowest BCUT2D eigenvalue weighted by Gasteiger charge is -2.07. The first-order valence-electron chi connectivity index (χ1n) is 5.59. The Morgan fingerprint density at radius 2 is 1.90 bits per heavy atom. The fraction of sp³-hybridized carbons (Fsp3) is 0.0769. The molecular formula is C13H8BrF2NO3S. The van der Waals surface area contributed by atoms with Crippen molar-refractivity contribution in [1.82, 2.24) is 0 Å². The minimum Gasteiger partial charge on any atom is -0.478 e. The van der Waals surface area contributed by atoms with Crippen LogP contribution in [0.15, 0.2) is 22.0 Å². The van der Waals surface area contributed by atoms with Crippen LogP contribution in [-0.2, 0) is 0 Å². The molecule has 0 atom stereocenters. The Morgan fingerprint density at radius 1 is 1.24 bits per heavy atom. The predicted octanol–water partition coefficient (Wildman–Crippen LogP) is 4.05. The highest BCUT2D eigenvalue weighted by molar-refractivity contribution is 9.11. The molecule has 0 spiro atoms. The molecular weight excluding hydrogens is 368 g/mol.